The Kier molecular flexibility index (Phi) is 8.45. The Labute approximate surface area is 243 Å². The zero-order chi connectivity index (χ0) is 27.4. The first kappa shape index (κ1) is 27.1. The van der Waals surface area contributed by atoms with E-state index in [2.05, 4.69) is 15.9 Å². The zero-order valence-corrected chi connectivity index (χ0v) is 24.0. The third kappa shape index (κ3) is 6.24. The number of amides is 2. The molecule has 0 bridgehead atoms. The molecule has 1 saturated heterocycles. The number of fused-ring (bicyclic) bond motifs is 1. The second kappa shape index (κ2) is 12.2. The van der Waals surface area contributed by atoms with Crippen molar-refractivity contribution >= 4 is 67.3 Å². The highest BCUT2D eigenvalue weighted by Crippen LogP contribution is 2.39. The van der Waals surface area contributed by atoms with Crippen molar-refractivity contribution in [3.8, 4) is 17.2 Å². The first-order chi connectivity index (χ1) is 18.9. The molecular weight excluding hydrogens is 602 g/mol. The highest BCUT2D eigenvalue weighted by Gasteiger charge is 2.35. The van der Waals surface area contributed by atoms with Crippen LogP contribution in [0.3, 0.4) is 0 Å². The number of hydrogen-bond acceptors (Lipinski definition) is 6. The number of hydrogen-bond donors (Lipinski definition) is 0. The molecule has 9 heteroatoms. The second-order valence-electron chi connectivity index (χ2n) is 8.61. The molecular formula is C30H23BrClNO5S. The topological polar surface area (TPSA) is 65.1 Å². The maximum atomic E-state index is 13.0. The van der Waals surface area contributed by atoms with E-state index in [0.29, 0.717) is 43.8 Å². The first-order valence-electron chi connectivity index (χ1n) is 12.0. The lowest BCUT2D eigenvalue weighted by Crippen LogP contribution is -2.32. The fraction of sp³-hybridized carbons (Fsp3) is 0.133. The monoisotopic (exact) mass is 623 g/mol. The van der Waals surface area contributed by atoms with Gasteiger partial charge in [-0.25, -0.2) is 0 Å². The lowest BCUT2D eigenvalue weighted by atomic mass is 10.1. The summed E-state index contributed by atoms with van der Waals surface area (Å²) in [5, 5.41) is 2.37. The fourth-order valence-corrected chi connectivity index (χ4v) is 5.68. The Hall–Kier alpha value is -3.46. The van der Waals surface area contributed by atoms with Crippen LogP contribution in [-0.4, -0.2) is 36.3 Å². The van der Waals surface area contributed by atoms with Crippen LogP contribution in [0.5, 0.6) is 17.2 Å². The van der Waals surface area contributed by atoms with Crippen molar-refractivity contribution in [1.29, 1.82) is 0 Å². The number of methoxy groups -OCH3 is 1. The van der Waals surface area contributed by atoms with Gasteiger partial charge in [-0.05, 0) is 80.6 Å². The number of carbonyl (C=O) groups excluding carboxylic acids is 2. The van der Waals surface area contributed by atoms with Crippen molar-refractivity contribution in [2.24, 2.45) is 0 Å². The van der Waals surface area contributed by atoms with E-state index in [1.807, 2.05) is 60.7 Å². The number of ether oxygens (including phenoxy) is 3. The van der Waals surface area contributed by atoms with Crippen molar-refractivity contribution in [1.82, 2.24) is 4.90 Å². The standard InChI is InChI=1S/C30H23BrClNO5S/c1-36-26-16-20(15-24(31)28(26)38-18-19-9-11-22(32)12-10-19)17-27-29(34)33(30(35)39-27)13-14-37-25-8-4-6-21-5-2-3-7-23(21)25/h2-12,15-17H,13-14,18H2,1H3/b27-17-. The Bertz CT molecular complexity index is 1570. The Morgan fingerprint density at radius 1 is 0.949 bits per heavy atom. The van der Waals surface area contributed by atoms with Crippen molar-refractivity contribution in [3.63, 3.8) is 0 Å². The number of halogens is 2. The second-order valence-corrected chi connectivity index (χ2v) is 10.9. The number of carbonyl (C=O) groups is 2. The van der Waals surface area contributed by atoms with Gasteiger partial charge in [0, 0.05) is 10.4 Å². The van der Waals surface area contributed by atoms with Gasteiger partial charge in [0.2, 0.25) is 0 Å². The predicted molar refractivity (Wildman–Crippen MR) is 159 cm³/mol. The largest absolute Gasteiger partial charge is 0.493 e. The van der Waals surface area contributed by atoms with Gasteiger partial charge in [-0.15, -0.1) is 0 Å². The number of thioether (sulfide) groups is 1. The molecule has 6 nitrogen and oxygen atoms in total. The van der Waals surface area contributed by atoms with Crippen molar-refractivity contribution < 1.29 is 23.8 Å². The number of imide groups is 1. The lowest BCUT2D eigenvalue weighted by molar-refractivity contribution is -0.123. The highest BCUT2D eigenvalue weighted by molar-refractivity contribution is 9.10. The summed E-state index contributed by atoms with van der Waals surface area (Å²) in [5.41, 5.74) is 1.64. The molecule has 0 aromatic heterocycles. The Balaban J connectivity index is 1.26. The summed E-state index contributed by atoms with van der Waals surface area (Å²) in [5.74, 6) is 1.38. The molecule has 198 valence electrons. The van der Waals surface area contributed by atoms with Crippen LogP contribution in [0.2, 0.25) is 5.02 Å². The van der Waals surface area contributed by atoms with Gasteiger partial charge in [0.15, 0.2) is 11.5 Å². The van der Waals surface area contributed by atoms with Gasteiger partial charge in [0.25, 0.3) is 11.1 Å². The minimum absolute atomic E-state index is 0.149. The normalized spacial score (nSPS) is 14.3. The average molecular weight is 625 g/mol. The molecule has 39 heavy (non-hydrogen) atoms. The van der Waals surface area contributed by atoms with Crippen molar-refractivity contribution in [2.45, 2.75) is 6.61 Å². The molecule has 5 rings (SSSR count). The molecule has 2 amide bonds. The van der Waals surface area contributed by atoms with Crippen molar-refractivity contribution in [2.75, 3.05) is 20.3 Å². The predicted octanol–water partition coefficient (Wildman–Crippen LogP) is 7.96. The summed E-state index contributed by atoms with van der Waals surface area (Å²) in [7, 11) is 1.55. The molecule has 1 heterocycles. The van der Waals surface area contributed by atoms with Crippen molar-refractivity contribution in [3.05, 3.63) is 104 Å². The molecule has 4 aromatic rings. The SMILES string of the molecule is COc1cc(/C=C2\SC(=O)N(CCOc3cccc4ccccc34)C2=O)cc(Br)c1OCc1ccc(Cl)cc1. The third-order valence-electron chi connectivity index (χ3n) is 6.04. The van der Waals surface area contributed by atoms with Gasteiger partial charge in [-0.3, -0.25) is 14.5 Å². The first-order valence-corrected chi connectivity index (χ1v) is 14.0. The zero-order valence-electron chi connectivity index (χ0n) is 20.9. The molecule has 0 aliphatic carbocycles. The summed E-state index contributed by atoms with van der Waals surface area (Å²) in [6.45, 7) is 0.666. The van der Waals surface area contributed by atoms with Gasteiger partial charge in [0.1, 0.15) is 19.0 Å². The van der Waals surface area contributed by atoms with Crippen LogP contribution in [0.4, 0.5) is 4.79 Å². The minimum atomic E-state index is -0.357. The summed E-state index contributed by atoms with van der Waals surface area (Å²) in [6.07, 6.45) is 1.67. The molecule has 0 atom stereocenters. The van der Waals surface area contributed by atoms with E-state index < -0.39 is 0 Å². The van der Waals surface area contributed by atoms with Gasteiger partial charge >= 0.3 is 0 Å². The molecule has 0 saturated carbocycles. The quantitative estimate of drug-likeness (QED) is 0.176. The Morgan fingerprint density at radius 3 is 2.51 bits per heavy atom. The van der Waals surface area contributed by atoms with E-state index in [9.17, 15) is 9.59 Å². The summed E-state index contributed by atoms with van der Waals surface area (Å²) in [4.78, 5) is 27.2. The van der Waals surface area contributed by atoms with Crippen LogP contribution in [0.1, 0.15) is 11.1 Å². The van der Waals surface area contributed by atoms with E-state index in [1.54, 1.807) is 31.4 Å². The number of nitrogens with zero attached hydrogens (tertiary/aromatic N) is 1. The molecule has 1 fully saturated rings. The Morgan fingerprint density at radius 2 is 1.72 bits per heavy atom. The van der Waals surface area contributed by atoms with Crippen LogP contribution in [-0.2, 0) is 11.4 Å². The molecule has 0 unspecified atom stereocenters. The number of rotatable bonds is 9. The summed E-state index contributed by atoms with van der Waals surface area (Å²) >= 11 is 10.4. The van der Waals surface area contributed by atoms with E-state index in [-0.39, 0.29) is 24.3 Å². The average Bonchev–Trinajstić information content (AvgIpc) is 3.20. The molecule has 4 aromatic carbocycles. The molecule has 1 aliphatic rings. The molecule has 0 N–H and O–H groups in total. The summed E-state index contributed by atoms with van der Waals surface area (Å²) in [6, 6.07) is 24.7. The molecule has 1 aliphatic heterocycles. The third-order valence-corrected chi connectivity index (χ3v) is 7.79. The maximum absolute atomic E-state index is 13.0. The minimum Gasteiger partial charge on any atom is -0.493 e. The fourth-order valence-electron chi connectivity index (χ4n) is 4.11. The van der Waals surface area contributed by atoms with Crippen LogP contribution >= 0.6 is 39.3 Å². The maximum Gasteiger partial charge on any atom is 0.293 e. The van der Waals surface area contributed by atoms with Gasteiger partial charge in [-0.2, -0.15) is 0 Å². The lowest BCUT2D eigenvalue weighted by Gasteiger charge is -2.14. The van der Waals surface area contributed by atoms with E-state index in [1.165, 1.54) is 4.90 Å². The van der Waals surface area contributed by atoms with Crippen LogP contribution < -0.4 is 14.2 Å². The van der Waals surface area contributed by atoms with Gasteiger partial charge in [-0.1, -0.05) is 60.1 Å². The van der Waals surface area contributed by atoms with E-state index in [4.69, 9.17) is 25.8 Å². The highest BCUT2D eigenvalue weighted by atomic mass is 79.9. The summed E-state index contributed by atoms with van der Waals surface area (Å²) < 4.78 is 18.1. The van der Waals surface area contributed by atoms with Crippen LogP contribution in [0, 0.1) is 0 Å². The molecule has 0 radical (unpaired) electrons. The van der Waals surface area contributed by atoms with E-state index >= 15 is 0 Å². The van der Waals surface area contributed by atoms with Gasteiger partial charge in [0.05, 0.1) is 23.0 Å². The van der Waals surface area contributed by atoms with Crippen LogP contribution in [0.15, 0.2) is 88.2 Å². The molecule has 0 spiro atoms. The smallest absolute Gasteiger partial charge is 0.293 e. The number of benzene rings is 4. The van der Waals surface area contributed by atoms with E-state index in [0.717, 1.165) is 28.1 Å². The van der Waals surface area contributed by atoms with Crippen LogP contribution in [0.25, 0.3) is 16.8 Å². The van der Waals surface area contributed by atoms with Gasteiger partial charge < -0.3 is 14.2 Å².